The van der Waals surface area contributed by atoms with Crippen LogP contribution in [0.4, 0.5) is 5.69 Å². The molecule has 1 aliphatic heterocycles. The number of aromatic nitrogens is 3. The van der Waals surface area contributed by atoms with Gasteiger partial charge in [-0.2, -0.15) is 15.6 Å². The summed E-state index contributed by atoms with van der Waals surface area (Å²) in [7, 11) is 0. The minimum absolute atomic E-state index is 0.284. The van der Waals surface area contributed by atoms with E-state index in [4.69, 9.17) is 10.00 Å². The number of pyridine rings is 1. The molecule has 0 bridgehead atoms. The number of ether oxygens (including phenoxy) is 1. The Morgan fingerprint density at radius 1 is 1.08 bits per heavy atom. The third-order valence-corrected chi connectivity index (χ3v) is 7.59. The number of carbonyl (C=O) groups is 1. The fraction of sp³-hybridized carbons (Fsp3) is 0.393. The minimum atomic E-state index is -0.593. The molecule has 2 aromatic heterocycles. The van der Waals surface area contributed by atoms with Crippen LogP contribution in [0.1, 0.15) is 53.0 Å². The molecule has 1 saturated heterocycles. The summed E-state index contributed by atoms with van der Waals surface area (Å²) in [6, 6.07) is 15.8. The highest BCUT2D eigenvalue weighted by Gasteiger charge is 2.40. The summed E-state index contributed by atoms with van der Waals surface area (Å²) in [4.78, 5) is 20.1. The first-order valence-corrected chi connectivity index (χ1v) is 12.6. The average molecular weight is 496 g/mol. The van der Waals surface area contributed by atoms with Gasteiger partial charge in [0.05, 0.1) is 77.1 Å². The Labute approximate surface area is 216 Å². The lowest BCUT2D eigenvalue weighted by molar-refractivity contribution is 0.00493. The van der Waals surface area contributed by atoms with Crippen LogP contribution in [0.3, 0.4) is 0 Å². The van der Waals surface area contributed by atoms with Crippen LogP contribution in [-0.2, 0) is 10.2 Å². The highest BCUT2D eigenvalue weighted by Crippen LogP contribution is 2.40. The maximum absolute atomic E-state index is 13.0. The fourth-order valence-corrected chi connectivity index (χ4v) is 5.35. The van der Waals surface area contributed by atoms with Gasteiger partial charge in [-0.25, -0.2) is 4.68 Å². The van der Waals surface area contributed by atoms with Crippen molar-refractivity contribution in [1.29, 1.82) is 10.5 Å². The molecule has 9 heteroatoms. The molecule has 0 atom stereocenters. The van der Waals surface area contributed by atoms with Crippen LogP contribution in [0.2, 0.25) is 0 Å². The third-order valence-electron chi connectivity index (χ3n) is 7.59. The molecular weight excluding hydrogens is 466 g/mol. The lowest BCUT2D eigenvalue weighted by Crippen LogP contribution is -2.47. The summed E-state index contributed by atoms with van der Waals surface area (Å²) in [5.74, 6) is -0.284. The van der Waals surface area contributed by atoms with Gasteiger partial charge in [0.25, 0.3) is 5.91 Å². The highest BCUT2D eigenvalue weighted by molar-refractivity contribution is 6.04. The smallest absolute Gasteiger partial charge is 0.259 e. The molecule has 2 aliphatic rings. The Morgan fingerprint density at radius 3 is 2.43 bits per heavy atom. The van der Waals surface area contributed by atoms with Crippen molar-refractivity contribution >= 4 is 11.6 Å². The summed E-state index contributed by atoms with van der Waals surface area (Å²) in [6.45, 7) is 5.31. The molecule has 3 heterocycles. The zero-order chi connectivity index (χ0) is 25.8. The average Bonchev–Trinajstić information content (AvgIpc) is 3.35. The molecule has 0 unspecified atom stereocenters. The van der Waals surface area contributed by atoms with Gasteiger partial charge in [-0.3, -0.25) is 14.7 Å². The Hall–Kier alpha value is -4.05. The fourth-order valence-electron chi connectivity index (χ4n) is 5.35. The molecule has 188 valence electrons. The number of nitrogens with zero attached hydrogens (tertiary/aromatic N) is 6. The van der Waals surface area contributed by atoms with Crippen LogP contribution >= 0.6 is 0 Å². The van der Waals surface area contributed by atoms with Crippen molar-refractivity contribution in [2.24, 2.45) is 0 Å². The number of nitrogens with one attached hydrogen (secondary N) is 1. The zero-order valence-electron chi connectivity index (χ0n) is 20.9. The van der Waals surface area contributed by atoms with Crippen molar-refractivity contribution in [3.05, 3.63) is 71.3 Å². The molecule has 5 rings (SSSR count). The van der Waals surface area contributed by atoms with Gasteiger partial charge in [0, 0.05) is 19.1 Å². The second-order valence-corrected chi connectivity index (χ2v) is 9.67. The first-order valence-electron chi connectivity index (χ1n) is 12.6. The molecule has 1 amide bonds. The van der Waals surface area contributed by atoms with Crippen LogP contribution < -0.4 is 5.32 Å². The van der Waals surface area contributed by atoms with Crippen molar-refractivity contribution in [3.8, 4) is 17.8 Å². The van der Waals surface area contributed by atoms with Crippen LogP contribution in [0.25, 0.3) is 5.69 Å². The van der Waals surface area contributed by atoms with Crippen molar-refractivity contribution < 1.29 is 9.53 Å². The quantitative estimate of drug-likeness (QED) is 0.573. The number of anilines is 1. The van der Waals surface area contributed by atoms with E-state index < -0.39 is 5.41 Å². The number of amides is 1. The first-order chi connectivity index (χ1) is 18.0. The van der Waals surface area contributed by atoms with Gasteiger partial charge in [0.1, 0.15) is 0 Å². The maximum atomic E-state index is 13.0. The van der Waals surface area contributed by atoms with Gasteiger partial charge in [-0.15, -0.1) is 0 Å². The van der Waals surface area contributed by atoms with Crippen LogP contribution in [0.5, 0.6) is 0 Å². The number of hydrogen-bond acceptors (Lipinski definition) is 7. The van der Waals surface area contributed by atoms with E-state index in [1.165, 1.54) is 6.20 Å². The van der Waals surface area contributed by atoms with Gasteiger partial charge in [-0.05, 0) is 69.0 Å². The van der Waals surface area contributed by atoms with Crippen molar-refractivity contribution in [2.45, 2.75) is 44.1 Å². The van der Waals surface area contributed by atoms with E-state index >= 15 is 0 Å². The number of carbonyl (C=O) groups excluding carboxylic acids is 1. The number of rotatable bonds is 5. The topological polar surface area (TPSA) is 120 Å². The Bertz CT molecular complexity index is 1340. The molecule has 1 saturated carbocycles. The van der Waals surface area contributed by atoms with E-state index in [0.717, 1.165) is 63.4 Å². The van der Waals surface area contributed by atoms with Gasteiger partial charge >= 0.3 is 0 Å². The molecule has 3 aromatic rings. The van der Waals surface area contributed by atoms with Crippen LogP contribution in [0, 0.1) is 29.6 Å². The molecule has 2 fully saturated rings. The number of morpholine rings is 1. The molecule has 37 heavy (non-hydrogen) atoms. The van der Waals surface area contributed by atoms with Gasteiger partial charge in [0.15, 0.2) is 0 Å². The predicted molar refractivity (Wildman–Crippen MR) is 137 cm³/mol. The molecule has 1 aromatic carbocycles. The summed E-state index contributed by atoms with van der Waals surface area (Å²) in [5, 5.41) is 26.3. The molecular formula is C28H29N7O2. The monoisotopic (exact) mass is 495 g/mol. The summed E-state index contributed by atoms with van der Waals surface area (Å²) < 4.78 is 7.14. The second kappa shape index (κ2) is 10.5. The molecule has 0 radical (unpaired) electrons. The van der Waals surface area contributed by atoms with Crippen molar-refractivity contribution in [2.75, 3.05) is 31.6 Å². The van der Waals surface area contributed by atoms with E-state index in [9.17, 15) is 10.1 Å². The zero-order valence-corrected chi connectivity index (χ0v) is 20.9. The number of hydrogen-bond donors (Lipinski definition) is 1. The number of benzene rings is 1. The van der Waals surface area contributed by atoms with Crippen LogP contribution in [-0.4, -0.2) is 57.9 Å². The van der Waals surface area contributed by atoms with Gasteiger partial charge in [0.2, 0.25) is 0 Å². The standard InChI is InChI=1S/C28H29N7O2/c1-20-25(18-32-35(20)24-5-2-21(16-29)3-6-24)27(36)33-22-4-7-26(31-17-22)28(19-30)10-8-23(9-11-28)34-12-14-37-15-13-34/h2-7,17-18,23H,8-15H2,1H3,(H,33,36). The summed E-state index contributed by atoms with van der Waals surface area (Å²) in [6.07, 6.45) is 6.64. The first kappa shape index (κ1) is 24.6. The Morgan fingerprint density at radius 2 is 1.81 bits per heavy atom. The lowest BCUT2D eigenvalue weighted by Gasteiger charge is -2.41. The van der Waals surface area contributed by atoms with E-state index in [-0.39, 0.29) is 5.91 Å². The molecule has 0 spiro atoms. The summed E-state index contributed by atoms with van der Waals surface area (Å²) in [5.41, 5.74) is 3.20. The van der Waals surface area contributed by atoms with Crippen molar-refractivity contribution in [1.82, 2.24) is 19.7 Å². The molecule has 1 aliphatic carbocycles. The molecule has 1 N–H and O–H groups in total. The molecule has 9 nitrogen and oxygen atoms in total. The third kappa shape index (κ3) is 4.97. The summed E-state index contributed by atoms with van der Waals surface area (Å²) >= 11 is 0. The van der Waals surface area contributed by atoms with Gasteiger partial charge < -0.3 is 10.1 Å². The number of nitriles is 2. The lowest BCUT2D eigenvalue weighted by atomic mass is 9.71. The van der Waals surface area contributed by atoms with Crippen molar-refractivity contribution in [3.63, 3.8) is 0 Å². The predicted octanol–water partition coefficient (Wildman–Crippen LogP) is 3.74. The SMILES string of the molecule is Cc1c(C(=O)Nc2ccc(C3(C#N)CCC(N4CCOCC4)CC3)nc2)cnn1-c1ccc(C#N)cc1. The van der Waals surface area contributed by atoms with E-state index in [2.05, 4.69) is 32.4 Å². The van der Waals surface area contributed by atoms with E-state index in [1.807, 2.05) is 19.1 Å². The highest BCUT2D eigenvalue weighted by atomic mass is 16.5. The normalized spacial score (nSPS) is 22.1. The maximum Gasteiger partial charge on any atom is 0.259 e. The van der Waals surface area contributed by atoms with Crippen LogP contribution in [0.15, 0.2) is 48.8 Å². The van der Waals surface area contributed by atoms with E-state index in [0.29, 0.717) is 28.6 Å². The minimum Gasteiger partial charge on any atom is -0.379 e. The Kier molecular flexibility index (Phi) is 7.00. The second-order valence-electron chi connectivity index (χ2n) is 9.67. The Balaban J connectivity index is 1.24. The van der Waals surface area contributed by atoms with E-state index in [1.54, 1.807) is 35.1 Å². The largest absolute Gasteiger partial charge is 0.379 e. The van der Waals surface area contributed by atoms with Gasteiger partial charge in [-0.1, -0.05) is 0 Å².